The molecule has 3 atom stereocenters. The van der Waals surface area contributed by atoms with Crippen molar-refractivity contribution in [3.63, 3.8) is 0 Å². The summed E-state index contributed by atoms with van der Waals surface area (Å²) in [6.45, 7) is 5.83. The first-order valence-corrected chi connectivity index (χ1v) is 8.50. The van der Waals surface area contributed by atoms with E-state index in [0.29, 0.717) is 6.04 Å². The van der Waals surface area contributed by atoms with Crippen LogP contribution in [-0.4, -0.2) is 25.3 Å². The lowest BCUT2D eigenvalue weighted by molar-refractivity contribution is -0.0585. The molecule has 0 aromatic carbocycles. The number of methoxy groups -OCH3 is 1. The molecule has 1 N–H and O–H groups in total. The molecule has 112 valence electrons. The fourth-order valence-corrected chi connectivity index (χ4v) is 4.48. The van der Waals surface area contributed by atoms with Crippen molar-refractivity contribution in [2.24, 2.45) is 11.8 Å². The van der Waals surface area contributed by atoms with Crippen LogP contribution in [0.3, 0.4) is 0 Å². The molecule has 3 unspecified atom stereocenters. The normalized spacial score (nSPS) is 32.4. The molecular formula is C17H33NO. The van der Waals surface area contributed by atoms with Crippen molar-refractivity contribution in [2.75, 3.05) is 13.7 Å². The molecule has 0 radical (unpaired) electrons. The maximum Gasteiger partial charge on any atom is 0.0833 e. The van der Waals surface area contributed by atoms with Crippen molar-refractivity contribution in [3.05, 3.63) is 0 Å². The fraction of sp³-hybridized carbons (Fsp3) is 1.00. The van der Waals surface area contributed by atoms with Crippen LogP contribution in [0.25, 0.3) is 0 Å². The van der Waals surface area contributed by atoms with Crippen LogP contribution >= 0.6 is 0 Å². The van der Waals surface area contributed by atoms with E-state index in [2.05, 4.69) is 19.2 Å². The molecule has 2 saturated carbocycles. The first-order valence-electron chi connectivity index (χ1n) is 8.50. The van der Waals surface area contributed by atoms with Crippen LogP contribution in [0.4, 0.5) is 0 Å². The van der Waals surface area contributed by atoms with Crippen molar-refractivity contribution < 1.29 is 4.74 Å². The van der Waals surface area contributed by atoms with Gasteiger partial charge in [-0.2, -0.15) is 0 Å². The van der Waals surface area contributed by atoms with Crippen molar-refractivity contribution in [1.82, 2.24) is 5.32 Å². The van der Waals surface area contributed by atoms with E-state index in [9.17, 15) is 0 Å². The SMILES string of the molecule is CCCNC(C1CCCC(C)C1)C1(OC)CCCC1. The Bertz CT molecular complexity index is 260. The summed E-state index contributed by atoms with van der Waals surface area (Å²) < 4.78 is 6.08. The van der Waals surface area contributed by atoms with Gasteiger partial charge in [-0.05, 0) is 50.5 Å². The Kier molecular flexibility index (Phi) is 5.70. The molecule has 0 spiro atoms. The van der Waals surface area contributed by atoms with Gasteiger partial charge >= 0.3 is 0 Å². The highest BCUT2D eigenvalue weighted by atomic mass is 16.5. The summed E-state index contributed by atoms with van der Waals surface area (Å²) in [6.07, 6.45) is 12.1. The van der Waals surface area contributed by atoms with Crippen LogP contribution in [0.1, 0.15) is 71.6 Å². The first-order chi connectivity index (χ1) is 9.22. The van der Waals surface area contributed by atoms with Gasteiger partial charge in [-0.25, -0.2) is 0 Å². The number of ether oxygens (including phenoxy) is 1. The van der Waals surface area contributed by atoms with E-state index in [1.165, 1.54) is 57.8 Å². The molecule has 0 saturated heterocycles. The van der Waals surface area contributed by atoms with Crippen LogP contribution < -0.4 is 5.32 Å². The van der Waals surface area contributed by atoms with Gasteiger partial charge in [-0.15, -0.1) is 0 Å². The minimum atomic E-state index is 0.136. The van der Waals surface area contributed by atoms with E-state index in [1.807, 2.05) is 7.11 Å². The Balaban J connectivity index is 2.09. The monoisotopic (exact) mass is 267 g/mol. The smallest absolute Gasteiger partial charge is 0.0833 e. The second-order valence-electron chi connectivity index (χ2n) is 6.94. The molecule has 0 amide bonds. The van der Waals surface area contributed by atoms with E-state index in [-0.39, 0.29) is 5.60 Å². The van der Waals surface area contributed by atoms with E-state index in [1.54, 1.807) is 0 Å². The Morgan fingerprint density at radius 2 is 1.95 bits per heavy atom. The van der Waals surface area contributed by atoms with Gasteiger partial charge in [0.2, 0.25) is 0 Å². The van der Waals surface area contributed by atoms with Gasteiger partial charge in [0.05, 0.1) is 5.60 Å². The van der Waals surface area contributed by atoms with Crippen LogP contribution in [-0.2, 0) is 4.74 Å². The third kappa shape index (κ3) is 3.52. The van der Waals surface area contributed by atoms with Gasteiger partial charge in [-0.3, -0.25) is 0 Å². The zero-order chi connectivity index (χ0) is 13.7. The minimum Gasteiger partial charge on any atom is -0.377 e. The molecule has 0 aromatic rings. The highest BCUT2D eigenvalue weighted by Gasteiger charge is 2.45. The van der Waals surface area contributed by atoms with Gasteiger partial charge in [0.25, 0.3) is 0 Å². The summed E-state index contributed by atoms with van der Waals surface area (Å²) in [6, 6.07) is 0.586. The van der Waals surface area contributed by atoms with E-state index >= 15 is 0 Å². The van der Waals surface area contributed by atoms with Gasteiger partial charge in [0, 0.05) is 13.2 Å². The largest absolute Gasteiger partial charge is 0.377 e. The average Bonchev–Trinajstić information content (AvgIpc) is 2.89. The summed E-state index contributed by atoms with van der Waals surface area (Å²) in [5.74, 6) is 1.73. The quantitative estimate of drug-likeness (QED) is 0.781. The number of nitrogens with one attached hydrogen (secondary N) is 1. The zero-order valence-electron chi connectivity index (χ0n) is 13.2. The topological polar surface area (TPSA) is 21.3 Å². The van der Waals surface area contributed by atoms with Gasteiger partial charge in [0.1, 0.15) is 0 Å². The van der Waals surface area contributed by atoms with Crippen molar-refractivity contribution >= 4 is 0 Å². The molecule has 0 heterocycles. The second kappa shape index (κ2) is 7.08. The maximum atomic E-state index is 6.08. The number of rotatable bonds is 6. The maximum absolute atomic E-state index is 6.08. The lowest BCUT2D eigenvalue weighted by Gasteiger charge is -2.44. The summed E-state index contributed by atoms with van der Waals surface area (Å²) in [5, 5.41) is 3.87. The molecule has 19 heavy (non-hydrogen) atoms. The minimum absolute atomic E-state index is 0.136. The first kappa shape index (κ1) is 15.3. The second-order valence-corrected chi connectivity index (χ2v) is 6.94. The predicted octanol–water partition coefficient (Wildman–Crippen LogP) is 4.14. The van der Waals surface area contributed by atoms with Gasteiger partial charge in [0.15, 0.2) is 0 Å². The summed E-state index contributed by atoms with van der Waals surface area (Å²) >= 11 is 0. The van der Waals surface area contributed by atoms with E-state index < -0.39 is 0 Å². The average molecular weight is 267 g/mol. The van der Waals surface area contributed by atoms with Crippen LogP contribution in [0, 0.1) is 11.8 Å². The molecule has 2 rings (SSSR count). The number of hydrogen-bond donors (Lipinski definition) is 1. The van der Waals surface area contributed by atoms with Crippen LogP contribution in [0.2, 0.25) is 0 Å². The molecule has 2 aliphatic rings. The molecule has 2 nitrogen and oxygen atoms in total. The van der Waals surface area contributed by atoms with E-state index in [0.717, 1.165) is 18.4 Å². The standard InChI is InChI=1S/C17H33NO/c1-4-12-18-16(15-9-7-8-14(2)13-15)17(19-3)10-5-6-11-17/h14-16,18H,4-13H2,1-3H3. The van der Waals surface area contributed by atoms with Crippen LogP contribution in [0.15, 0.2) is 0 Å². The molecular weight excluding hydrogens is 234 g/mol. The van der Waals surface area contributed by atoms with Crippen molar-refractivity contribution in [2.45, 2.75) is 83.3 Å². The third-order valence-electron chi connectivity index (χ3n) is 5.49. The lowest BCUT2D eigenvalue weighted by atomic mass is 9.72. The summed E-state index contributed by atoms with van der Waals surface area (Å²) in [5.41, 5.74) is 0.136. The van der Waals surface area contributed by atoms with Crippen molar-refractivity contribution in [1.29, 1.82) is 0 Å². The van der Waals surface area contributed by atoms with Crippen molar-refractivity contribution in [3.8, 4) is 0 Å². The number of hydrogen-bond acceptors (Lipinski definition) is 2. The lowest BCUT2D eigenvalue weighted by Crippen LogP contribution is -2.55. The molecule has 2 heteroatoms. The summed E-state index contributed by atoms with van der Waals surface area (Å²) in [7, 11) is 1.94. The molecule has 0 bridgehead atoms. The van der Waals surface area contributed by atoms with Gasteiger partial charge in [-0.1, -0.05) is 39.5 Å². The van der Waals surface area contributed by atoms with Gasteiger partial charge < -0.3 is 10.1 Å². The molecule has 0 aromatic heterocycles. The molecule has 2 fully saturated rings. The molecule has 0 aliphatic heterocycles. The highest BCUT2D eigenvalue weighted by molar-refractivity contribution is 5.00. The molecule has 2 aliphatic carbocycles. The van der Waals surface area contributed by atoms with Crippen LogP contribution in [0.5, 0.6) is 0 Å². The third-order valence-corrected chi connectivity index (χ3v) is 5.49. The zero-order valence-corrected chi connectivity index (χ0v) is 13.2. The Hall–Kier alpha value is -0.0800. The fourth-order valence-electron chi connectivity index (χ4n) is 4.48. The highest BCUT2D eigenvalue weighted by Crippen LogP contribution is 2.42. The predicted molar refractivity (Wildman–Crippen MR) is 81.4 cm³/mol. The Labute approximate surface area is 119 Å². The Morgan fingerprint density at radius 3 is 2.53 bits per heavy atom. The summed E-state index contributed by atoms with van der Waals surface area (Å²) in [4.78, 5) is 0. The van der Waals surface area contributed by atoms with E-state index in [4.69, 9.17) is 4.74 Å². The Morgan fingerprint density at radius 1 is 1.21 bits per heavy atom.